The molecular weight excluding hydrogens is 461 g/mol. The van der Waals surface area contributed by atoms with Crippen molar-refractivity contribution in [2.75, 3.05) is 22.1 Å². The van der Waals surface area contributed by atoms with Crippen LogP contribution >= 0.6 is 11.6 Å². The second kappa shape index (κ2) is 9.76. The molecule has 34 heavy (non-hydrogen) atoms. The summed E-state index contributed by atoms with van der Waals surface area (Å²) in [6.07, 6.45) is 0. The van der Waals surface area contributed by atoms with E-state index in [0.29, 0.717) is 23.7 Å². The molecule has 1 heterocycles. The number of imide groups is 1. The summed E-state index contributed by atoms with van der Waals surface area (Å²) in [5.41, 5.74) is 1.05. The molecule has 172 valence electrons. The number of halogens is 2. The monoisotopic (exact) mass is 479 g/mol. The standard InChI is InChI=1S/C25H19ClFN3O4/c1-2-34-18-13-11-17(12-14-18)30-24(32)21(26)22(25(30)33)28-16-9-7-15(8-10-16)23(31)29-20-6-4-3-5-19(20)27/h3-14,28H,2H2,1H3,(H,29,31). The lowest BCUT2D eigenvalue weighted by Gasteiger charge is -2.15. The Kier molecular flexibility index (Phi) is 6.60. The first-order valence-corrected chi connectivity index (χ1v) is 10.7. The second-order valence-electron chi connectivity index (χ2n) is 7.20. The van der Waals surface area contributed by atoms with E-state index in [2.05, 4.69) is 10.6 Å². The highest BCUT2D eigenvalue weighted by Gasteiger charge is 2.39. The van der Waals surface area contributed by atoms with Gasteiger partial charge in [-0.3, -0.25) is 14.4 Å². The molecule has 0 aliphatic carbocycles. The first-order chi connectivity index (χ1) is 16.4. The molecule has 0 saturated heterocycles. The summed E-state index contributed by atoms with van der Waals surface area (Å²) >= 11 is 6.17. The van der Waals surface area contributed by atoms with Crippen molar-refractivity contribution in [2.24, 2.45) is 0 Å². The van der Waals surface area contributed by atoms with Crippen molar-refractivity contribution in [1.82, 2.24) is 0 Å². The van der Waals surface area contributed by atoms with Gasteiger partial charge in [-0.2, -0.15) is 0 Å². The van der Waals surface area contributed by atoms with E-state index in [1.807, 2.05) is 6.92 Å². The van der Waals surface area contributed by atoms with E-state index in [0.717, 1.165) is 4.90 Å². The van der Waals surface area contributed by atoms with Crippen molar-refractivity contribution in [3.63, 3.8) is 0 Å². The lowest BCUT2D eigenvalue weighted by Crippen LogP contribution is -2.32. The van der Waals surface area contributed by atoms with Crippen LogP contribution in [0.1, 0.15) is 17.3 Å². The first-order valence-electron chi connectivity index (χ1n) is 10.3. The molecule has 0 aromatic heterocycles. The molecule has 7 nitrogen and oxygen atoms in total. The number of amides is 3. The van der Waals surface area contributed by atoms with E-state index < -0.39 is 23.5 Å². The van der Waals surface area contributed by atoms with Crippen molar-refractivity contribution in [1.29, 1.82) is 0 Å². The van der Waals surface area contributed by atoms with Crippen molar-refractivity contribution >= 4 is 46.4 Å². The van der Waals surface area contributed by atoms with Crippen LogP contribution in [0.4, 0.5) is 21.5 Å². The summed E-state index contributed by atoms with van der Waals surface area (Å²) in [4.78, 5) is 38.9. The van der Waals surface area contributed by atoms with Crippen LogP contribution in [-0.4, -0.2) is 24.3 Å². The molecule has 0 spiro atoms. The van der Waals surface area contributed by atoms with Crippen LogP contribution in [0.25, 0.3) is 0 Å². The summed E-state index contributed by atoms with van der Waals surface area (Å²) < 4.78 is 19.1. The molecule has 4 rings (SSSR count). The van der Waals surface area contributed by atoms with Crippen LogP contribution in [0.2, 0.25) is 0 Å². The average Bonchev–Trinajstić information content (AvgIpc) is 3.05. The highest BCUT2D eigenvalue weighted by molar-refractivity contribution is 6.53. The topological polar surface area (TPSA) is 87.7 Å². The van der Waals surface area contributed by atoms with E-state index >= 15 is 0 Å². The van der Waals surface area contributed by atoms with Gasteiger partial charge in [-0.25, -0.2) is 9.29 Å². The number of benzene rings is 3. The third-order valence-corrected chi connectivity index (χ3v) is 5.32. The molecule has 0 atom stereocenters. The lowest BCUT2D eigenvalue weighted by atomic mass is 10.2. The Bertz CT molecular complexity index is 1290. The molecule has 3 aromatic rings. The van der Waals surface area contributed by atoms with Gasteiger partial charge in [0.2, 0.25) is 0 Å². The van der Waals surface area contributed by atoms with E-state index in [-0.39, 0.29) is 22.0 Å². The number of hydrogen-bond acceptors (Lipinski definition) is 5. The van der Waals surface area contributed by atoms with Gasteiger partial charge in [0.25, 0.3) is 17.7 Å². The smallest absolute Gasteiger partial charge is 0.283 e. The van der Waals surface area contributed by atoms with E-state index in [1.54, 1.807) is 42.5 Å². The fourth-order valence-corrected chi connectivity index (χ4v) is 3.52. The Morgan fingerprint density at radius 2 is 1.65 bits per heavy atom. The van der Waals surface area contributed by atoms with Crippen molar-refractivity contribution in [2.45, 2.75) is 6.92 Å². The molecule has 0 unspecified atom stereocenters. The van der Waals surface area contributed by atoms with Crippen molar-refractivity contribution in [3.05, 3.63) is 94.9 Å². The molecule has 0 radical (unpaired) electrons. The van der Waals surface area contributed by atoms with Crippen LogP contribution in [-0.2, 0) is 9.59 Å². The second-order valence-corrected chi connectivity index (χ2v) is 7.58. The van der Waals surface area contributed by atoms with Crippen LogP contribution < -0.4 is 20.3 Å². The minimum Gasteiger partial charge on any atom is -0.494 e. The predicted molar refractivity (Wildman–Crippen MR) is 127 cm³/mol. The molecule has 2 N–H and O–H groups in total. The van der Waals surface area contributed by atoms with Crippen LogP contribution in [0.3, 0.4) is 0 Å². The maximum absolute atomic E-state index is 13.8. The van der Waals surface area contributed by atoms with Crippen molar-refractivity contribution in [3.8, 4) is 5.75 Å². The number of carbonyl (C=O) groups is 3. The minimum absolute atomic E-state index is 0.0658. The van der Waals surface area contributed by atoms with Crippen LogP contribution in [0.5, 0.6) is 5.75 Å². The summed E-state index contributed by atoms with van der Waals surface area (Å²) in [7, 11) is 0. The molecular formula is C25H19ClFN3O4. The number of carbonyl (C=O) groups excluding carboxylic acids is 3. The highest BCUT2D eigenvalue weighted by Crippen LogP contribution is 2.31. The van der Waals surface area contributed by atoms with Gasteiger partial charge in [0.05, 0.1) is 18.0 Å². The Morgan fingerprint density at radius 1 is 0.971 bits per heavy atom. The molecule has 3 amide bonds. The molecule has 9 heteroatoms. The lowest BCUT2D eigenvalue weighted by molar-refractivity contribution is -0.120. The average molecular weight is 480 g/mol. The molecule has 0 fully saturated rings. The number of nitrogens with zero attached hydrogens (tertiary/aromatic N) is 1. The van der Waals surface area contributed by atoms with E-state index in [4.69, 9.17) is 16.3 Å². The molecule has 0 saturated carbocycles. The van der Waals surface area contributed by atoms with Crippen LogP contribution in [0.15, 0.2) is 83.5 Å². The van der Waals surface area contributed by atoms with Gasteiger partial charge >= 0.3 is 0 Å². The zero-order chi connectivity index (χ0) is 24.2. The molecule has 0 bridgehead atoms. The van der Waals surface area contributed by atoms with Gasteiger partial charge in [-0.05, 0) is 67.6 Å². The van der Waals surface area contributed by atoms with Gasteiger partial charge in [-0.15, -0.1) is 0 Å². The SMILES string of the molecule is CCOc1ccc(N2C(=O)C(Cl)=C(Nc3ccc(C(=O)Nc4ccccc4F)cc3)C2=O)cc1. The summed E-state index contributed by atoms with van der Waals surface area (Å²) in [5.74, 6) is -1.69. The summed E-state index contributed by atoms with van der Waals surface area (Å²) in [6.45, 7) is 2.34. The van der Waals surface area contributed by atoms with E-state index in [9.17, 15) is 18.8 Å². The van der Waals surface area contributed by atoms with E-state index in [1.165, 1.54) is 30.3 Å². The number of rotatable bonds is 7. The van der Waals surface area contributed by atoms with Gasteiger partial charge in [0.1, 0.15) is 22.3 Å². The predicted octanol–water partition coefficient (Wildman–Crippen LogP) is 4.91. The molecule has 1 aliphatic heterocycles. The highest BCUT2D eigenvalue weighted by atomic mass is 35.5. The number of nitrogens with one attached hydrogen (secondary N) is 2. The Labute approximate surface area is 199 Å². The fourth-order valence-electron chi connectivity index (χ4n) is 3.31. The minimum atomic E-state index is -0.654. The molecule has 1 aliphatic rings. The van der Waals surface area contributed by atoms with Crippen LogP contribution in [0, 0.1) is 5.82 Å². The zero-order valence-corrected chi connectivity index (χ0v) is 18.7. The van der Waals surface area contributed by atoms with Gasteiger partial charge in [-0.1, -0.05) is 23.7 Å². The van der Waals surface area contributed by atoms with Gasteiger partial charge in [0, 0.05) is 11.3 Å². The summed E-state index contributed by atoms with van der Waals surface area (Å²) in [5, 5.41) is 5.09. The largest absolute Gasteiger partial charge is 0.494 e. The Balaban J connectivity index is 1.47. The Morgan fingerprint density at radius 3 is 2.29 bits per heavy atom. The summed E-state index contributed by atoms with van der Waals surface area (Å²) in [6, 6.07) is 18.4. The third kappa shape index (κ3) is 4.62. The Hall–Kier alpha value is -4.17. The third-order valence-electron chi connectivity index (χ3n) is 4.97. The maximum Gasteiger partial charge on any atom is 0.283 e. The van der Waals surface area contributed by atoms with Gasteiger partial charge < -0.3 is 15.4 Å². The fraction of sp³-hybridized carbons (Fsp3) is 0.0800. The van der Waals surface area contributed by atoms with Crippen molar-refractivity contribution < 1.29 is 23.5 Å². The number of ether oxygens (including phenoxy) is 1. The maximum atomic E-state index is 13.8. The van der Waals surface area contributed by atoms with Gasteiger partial charge in [0.15, 0.2) is 0 Å². The number of para-hydroxylation sites is 1. The molecule has 3 aromatic carbocycles. The normalized spacial score (nSPS) is 13.3. The number of anilines is 3. The zero-order valence-electron chi connectivity index (χ0n) is 18.0. The first kappa shape index (κ1) is 23.0. The number of hydrogen-bond donors (Lipinski definition) is 2. The quantitative estimate of drug-likeness (QED) is 0.470.